The molecule has 1 amide bonds. The van der Waals surface area contributed by atoms with Crippen molar-refractivity contribution in [1.82, 2.24) is 4.90 Å². The lowest BCUT2D eigenvalue weighted by Crippen LogP contribution is -2.39. The van der Waals surface area contributed by atoms with Crippen LogP contribution in [0.5, 0.6) is 0 Å². The summed E-state index contributed by atoms with van der Waals surface area (Å²) in [4.78, 5) is 13.0. The van der Waals surface area contributed by atoms with Gasteiger partial charge < -0.3 is 10.0 Å². The molecule has 0 aliphatic heterocycles. The van der Waals surface area contributed by atoms with Crippen molar-refractivity contribution in [2.75, 3.05) is 18.5 Å². The number of hydrogen-bond donors (Lipinski definition) is 1. The molecule has 0 saturated heterocycles. The van der Waals surface area contributed by atoms with E-state index in [2.05, 4.69) is 15.9 Å². The third-order valence-electron chi connectivity index (χ3n) is 1.59. The average Bonchev–Trinajstić information content (AvgIpc) is 1.99. The van der Waals surface area contributed by atoms with E-state index in [9.17, 15) is 4.79 Å². The molecule has 0 bridgehead atoms. The fourth-order valence-corrected chi connectivity index (χ4v) is 1.34. The largest absolute Gasteiger partial charge is 0.395 e. The number of nitrogens with zero attached hydrogens (tertiary/aromatic N) is 1. The number of halogens is 1. The second-order valence-electron chi connectivity index (χ2n) is 2.84. The SMILES string of the molecule is CC(C)N(CCO)C(=O)CCBr. The predicted octanol–water partition coefficient (Wildman–Crippen LogP) is 1.00. The zero-order valence-corrected chi connectivity index (χ0v) is 9.17. The van der Waals surface area contributed by atoms with Gasteiger partial charge in [-0.15, -0.1) is 0 Å². The molecule has 0 heterocycles. The molecular formula is C8H16BrNO2. The van der Waals surface area contributed by atoms with Gasteiger partial charge >= 0.3 is 0 Å². The Morgan fingerprint density at radius 3 is 2.50 bits per heavy atom. The highest BCUT2D eigenvalue weighted by Gasteiger charge is 2.14. The molecule has 0 saturated carbocycles. The molecular weight excluding hydrogens is 222 g/mol. The second kappa shape index (κ2) is 6.43. The summed E-state index contributed by atoms with van der Waals surface area (Å²) in [7, 11) is 0. The van der Waals surface area contributed by atoms with E-state index in [1.165, 1.54) is 0 Å². The Balaban J connectivity index is 4.00. The van der Waals surface area contributed by atoms with Crippen LogP contribution < -0.4 is 0 Å². The minimum atomic E-state index is 0.0339. The molecule has 0 unspecified atom stereocenters. The van der Waals surface area contributed by atoms with Crippen LogP contribution in [-0.4, -0.2) is 40.4 Å². The van der Waals surface area contributed by atoms with Crippen LogP contribution in [0.4, 0.5) is 0 Å². The van der Waals surface area contributed by atoms with Gasteiger partial charge in [-0.25, -0.2) is 0 Å². The molecule has 0 rings (SSSR count). The average molecular weight is 238 g/mol. The van der Waals surface area contributed by atoms with Crippen molar-refractivity contribution < 1.29 is 9.90 Å². The molecule has 0 radical (unpaired) electrons. The minimum Gasteiger partial charge on any atom is -0.395 e. The van der Waals surface area contributed by atoms with Crippen molar-refractivity contribution in [2.45, 2.75) is 26.3 Å². The minimum absolute atomic E-state index is 0.0339. The Bertz CT molecular complexity index is 139. The number of carbonyl (C=O) groups excluding carboxylic acids is 1. The Labute approximate surface area is 81.9 Å². The van der Waals surface area contributed by atoms with Crippen molar-refractivity contribution in [3.63, 3.8) is 0 Å². The molecule has 72 valence electrons. The number of amides is 1. The highest BCUT2D eigenvalue weighted by Crippen LogP contribution is 2.02. The molecule has 0 aromatic rings. The fraction of sp³-hybridized carbons (Fsp3) is 0.875. The van der Waals surface area contributed by atoms with Gasteiger partial charge in [0.2, 0.25) is 5.91 Å². The van der Waals surface area contributed by atoms with Gasteiger partial charge in [0.1, 0.15) is 0 Å². The van der Waals surface area contributed by atoms with Gasteiger partial charge in [0, 0.05) is 24.3 Å². The van der Waals surface area contributed by atoms with Crippen molar-refractivity contribution >= 4 is 21.8 Å². The van der Waals surface area contributed by atoms with Crippen molar-refractivity contribution in [3.8, 4) is 0 Å². The van der Waals surface area contributed by atoms with E-state index in [-0.39, 0.29) is 18.6 Å². The van der Waals surface area contributed by atoms with Crippen LogP contribution in [-0.2, 0) is 4.79 Å². The third-order valence-corrected chi connectivity index (χ3v) is 1.99. The first-order valence-electron chi connectivity index (χ1n) is 4.09. The van der Waals surface area contributed by atoms with E-state index in [1.54, 1.807) is 4.90 Å². The van der Waals surface area contributed by atoms with E-state index in [4.69, 9.17) is 5.11 Å². The van der Waals surface area contributed by atoms with Crippen LogP contribution in [0, 0.1) is 0 Å². The molecule has 0 fully saturated rings. The zero-order chi connectivity index (χ0) is 9.56. The van der Waals surface area contributed by atoms with Crippen molar-refractivity contribution in [1.29, 1.82) is 0 Å². The molecule has 0 spiro atoms. The number of aliphatic hydroxyl groups excluding tert-OH is 1. The van der Waals surface area contributed by atoms with Crippen LogP contribution in [0.25, 0.3) is 0 Å². The lowest BCUT2D eigenvalue weighted by Gasteiger charge is -2.25. The smallest absolute Gasteiger partial charge is 0.223 e. The lowest BCUT2D eigenvalue weighted by atomic mass is 10.3. The van der Waals surface area contributed by atoms with Gasteiger partial charge in [-0.05, 0) is 13.8 Å². The van der Waals surface area contributed by atoms with Gasteiger partial charge in [-0.1, -0.05) is 15.9 Å². The number of carbonyl (C=O) groups is 1. The molecule has 0 aromatic heterocycles. The molecule has 4 heteroatoms. The van der Waals surface area contributed by atoms with E-state index >= 15 is 0 Å². The first-order valence-corrected chi connectivity index (χ1v) is 5.22. The topological polar surface area (TPSA) is 40.5 Å². The molecule has 0 aromatic carbocycles. The van der Waals surface area contributed by atoms with E-state index in [1.807, 2.05) is 13.8 Å². The summed E-state index contributed by atoms with van der Waals surface area (Å²) in [6, 6.07) is 0.170. The number of alkyl halides is 1. The highest BCUT2D eigenvalue weighted by atomic mass is 79.9. The van der Waals surface area contributed by atoms with Crippen LogP contribution in [0.2, 0.25) is 0 Å². The Kier molecular flexibility index (Phi) is 6.38. The molecule has 0 atom stereocenters. The zero-order valence-electron chi connectivity index (χ0n) is 7.59. The fourth-order valence-electron chi connectivity index (χ4n) is 1.00. The Morgan fingerprint density at radius 1 is 1.58 bits per heavy atom. The molecule has 0 aliphatic carbocycles. The first kappa shape index (κ1) is 11.9. The summed E-state index contributed by atoms with van der Waals surface area (Å²) < 4.78 is 0. The predicted molar refractivity (Wildman–Crippen MR) is 52.3 cm³/mol. The van der Waals surface area contributed by atoms with Crippen LogP contribution in [0.3, 0.4) is 0 Å². The summed E-state index contributed by atoms with van der Waals surface area (Å²) >= 11 is 3.21. The molecule has 12 heavy (non-hydrogen) atoms. The summed E-state index contributed by atoms with van der Waals surface area (Å²) in [6.07, 6.45) is 0.498. The monoisotopic (exact) mass is 237 g/mol. The lowest BCUT2D eigenvalue weighted by molar-refractivity contribution is -0.132. The number of aliphatic hydroxyl groups is 1. The summed E-state index contributed by atoms with van der Waals surface area (Å²) in [5.41, 5.74) is 0. The Hall–Kier alpha value is -0.0900. The van der Waals surface area contributed by atoms with Crippen LogP contribution in [0.1, 0.15) is 20.3 Å². The van der Waals surface area contributed by atoms with Crippen molar-refractivity contribution in [3.05, 3.63) is 0 Å². The summed E-state index contributed by atoms with van der Waals surface area (Å²) in [5, 5.41) is 9.38. The molecule has 3 nitrogen and oxygen atoms in total. The van der Waals surface area contributed by atoms with Gasteiger partial charge in [0.25, 0.3) is 0 Å². The van der Waals surface area contributed by atoms with Gasteiger partial charge in [-0.3, -0.25) is 4.79 Å². The number of rotatable bonds is 5. The third kappa shape index (κ3) is 4.07. The van der Waals surface area contributed by atoms with Crippen LogP contribution in [0.15, 0.2) is 0 Å². The number of hydrogen-bond acceptors (Lipinski definition) is 2. The highest BCUT2D eigenvalue weighted by molar-refractivity contribution is 9.09. The maximum atomic E-state index is 11.4. The molecule has 0 aliphatic rings. The van der Waals surface area contributed by atoms with E-state index in [0.717, 1.165) is 0 Å². The Morgan fingerprint density at radius 2 is 2.17 bits per heavy atom. The standard InChI is InChI=1S/C8H16BrNO2/c1-7(2)10(5-6-11)8(12)3-4-9/h7,11H,3-6H2,1-2H3. The van der Waals surface area contributed by atoms with Gasteiger partial charge in [0.15, 0.2) is 0 Å². The quantitative estimate of drug-likeness (QED) is 0.726. The molecule has 1 N–H and O–H groups in total. The summed E-state index contributed by atoms with van der Waals surface area (Å²) in [6.45, 7) is 4.36. The summed E-state index contributed by atoms with van der Waals surface area (Å²) in [5.74, 6) is 0.0934. The second-order valence-corrected chi connectivity index (χ2v) is 3.64. The van der Waals surface area contributed by atoms with Crippen molar-refractivity contribution in [2.24, 2.45) is 0 Å². The van der Waals surface area contributed by atoms with E-state index in [0.29, 0.717) is 18.3 Å². The van der Waals surface area contributed by atoms with Gasteiger partial charge in [-0.2, -0.15) is 0 Å². The van der Waals surface area contributed by atoms with Gasteiger partial charge in [0.05, 0.1) is 6.61 Å². The first-order chi connectivity index (χ1) is 5.63. The van der Waals surface area contributed by atoms with Crippen LogP contribution >= 0.6 is 15.9 Å². The van der Waals surface area contributed by atoms with E-state index < -0.39 is 0 Å². The maximum absolute atomic E-state index is 11.4. The maximum Gasteiger partial charge on any atom is 0.223 e. The normalized spacial score (nSPS) is 10.4.